The first-order chi connectivity index (χ1) is 11.5. The molecule has 0 bridgehead atoms. The smallest absolute Gasteiger partial charge is 0.320 e. The number of hydrogen-bond acceptors (Lipinski definition) is 3. The summed E-state index contributed by atoms with van der Waals surface area (Å²) < 4.78 is 27.8. The van der Waals surface area contributed by atoms with E-state index >= 15 is 0 Å². The van der Waals surface area contributed by atoms with E-state index in [0.29, 0.717) is 25.2 Å². The van der Waals surface area contributed by atoms with Gasteiger partial charge in [-0.25, -0.2) is 13.6 Å². The number of amides is 2. The number of hydrogen-bond donors (Lipinski definition) is 2. The van der Waals surface area contributed by atoms with Crippen LogP contribution in [-0.4, -0.2) is 33.5 Å². The molecule has 0 radical (unpaired) electrons. The number of rotatable bonds is 5. The maximum absolute atomic E-state index is 13.1. The van der Waals surface area contributed by atoms with Gasteiger partial charge < -0.3 is 5.32 Å². The molecular formula is C16H19F2N5O. The average molecular weight is 335 g/mol. The maximum atomic E-state index is 13.1. The zero-order valence-electron chi connectivity index (χ0n) is 13.1. The van der Waals surface area contributed by atoms with Gasteiger partial charge in [0, 0.05) is 19.4 Å². The number of halogens is 2. The van der Waals surface area contributed by atoms with Gasteiger partial charge in [-0.3, -0.25) is 5.32 Å². The Morgan fingerprint density at radius 2 is 2.12 bits per heavy atom. The summed E-state index contributed by atoms with van der Waals surface area (Å²) in [6, 6.07) is 8.89. The van der Waals surface area contributed by atoms with Crippen LogP contribution >= 0.6 is 0 Å². The molecule has 2 amide bonds. The number of para-hydroxylation sites is 1. The monoisotopic (exact) mass is 335 g/mol. The van der Waals surface area contributed by atoms with Crippen LogP contribution in [0.5, 0.6) is 0 Å². The second-order valence-electron chi connectivity index (χ2n) is 6.00. The fourth-order valence-corrected chi connectivity index (χ4v) is 2.92. The van der Waals surface area contributed by atoms with Crippen LogP contribution in [0.4, 0.5) is 19.4 Å². The van der Waals surface area contributed by atoms with Crippen molar-refractivity contribution in [3.8, 4) is 5.69 Å². The van der Waals surface area contributed by atoms with Crippen LogP contribution < -0.4 is 10.6 Å². The van der Waals surface area contributed by atoms with Crippen LogP contribution in [0.1, 0.15) is 25.7 Å². The van der Waals surface area contributed by atoms with Crippen molar-refractivity contribution in [3.63, 3.8) is 0 Å². The number of nitrogens with zero attached hydrogens (tertiary/aromatic N) is 3. The number of carbonyl (C=O) groups excluding carboxylic acids is 1. The Balaban J connectivity index is 1.49. The molecule has 1 aromatic heterocycles. The van der Waals surface area contributed by atoms with E-state index in [1.165, 1.54) is 10.9 Å². The second kappa shape index (κ2) is 6.94. The van der Waals surface area contributed by atoms with E-state index in [-0.39, 0.29) is 18.8 Å². The molecule has 8 heteroatoms. The van der Waals surface area contributed by atoms with Gasteiger partial charge in [-0.15, -0.1) is 5.10 Å². The summed E-state index contributed by atoms with van der Waals surface area (Å²) in [5, 5.41) is 13.1. The molecule has 6 nitrogen and oxygen atoms in total. The standard InChI is InChI=1S/C16H19F2N5O/c17-16(18)8-6-12(10-16)7-9-19-15(24)21-14-11-20-22-23(14)13-4-2-1-3-5-13/h1-5,11-12H,6-10H2,(H2,19,21,24). The zero-order chi connectivity index (χ0) is 17.0. The second-order valence-corrected chi connectivity index (χ2v) is 6.00. The van der Waals surface area contributed by atoms with Crippen molar-refractivity contribution >= 4 is 11.8 Å². The molecule has 1 unspecified atom stereocenters. The number of carbonyl (C=O) groups is 1. The lowest BCUT2D eigenvalue weighted by Crippen LogP contribution is -2.31. The van der Waals surface area contributed by atoms with E-state index in [1.54, 1.807) is 0 Å². The van der Waals surface area contributed by atoms with Gasteiger partial charge in [-0.05, 0) is 30.9 Å². The largest absolute Gasteiger partial charge is 0.338 e. The summed E-state index contributed by atoms with van der Waals surface area (Å²) in [6.07, 6.45) is 2.39. The minimum Gasteiger partial charge on any atom is -0.338 e. The quantitative estimate of drug-likeness (QED) is 0.881. The van der Waals surface area contributed by atoms with Crippen LogP contribution in [0.25, 0.3) is 5.69 Å². The van der Waals surface area contributed by atoms with Crippen molar-refractivity contribution < 1.29 is 13.6 Å². The summed E-state index contributed by atoms with van der Waals surface area (Å²) >= 11 is 0. The fraction of sp³-hybridized carbons (Fsp3) is 0.438. The number of anilines is 1. The van der Waals surface area contributed by atoms with Crippen LogP contribution in [0, 0.1) is 5.92 Å². The highest BCUT2D eigenvalue weighted by Crippen LogP contribution is 2.40. The predicted octanol–water partition coefficient (Wildman–Crippen LogP) is 3.21. The molecule has 1 aliphatic carbocycles. The lowest BCUT2D eigenvalue weighted by atomic mass is 10.0. The molecule has 3 rings (SSSR count). The first-order valence-electron chi connectivity index (χ1n) is 7.92. The summed E-state index contributed by atoms with van der Waals surface area (Å²) in [7, 11) is 0. The molecule has 1 atom stereocenters. The number of alkyl halides is 2. The van der Waals surface area contributed by atoms with Crippen LogP contribution in [0.2, 0.25) is 0 Å². The Morgan fingerprint density at radius 3 is 2.83 bits per heavy atom. The van der Waals surface area contributed by atoms with Gasteiger partial charge in [-0.1, -0.05) is 23.4 Å². The first-order valence-corrected chi connectivity index (χ1v) is 7.92. The van der Waals surface area contributed by atoms with Crippen LogP contribution in [0.3, 0.4) is 0 Å². The molecule has 1 aromatic carbocycles. The first kappa shape index (κ1) is 16.4. The molecule has 24 heavy (non-hydrogen) atoms. The third-order valence-corrected chi connectivity index (χ3v) is 4.14. The summed E-state index contributed by atoms with van der Waals surface area (Å²) in [5.41, 5.74) is 0.776. The molecule has 1 fully saturated rings. The highest BCUT2D eigenvalue weighted by Gasteiger charge is 2.38. The Hall–Kier alpha value is -2.51. The van der Waals surface area contributed by atoms with Crippen molar-refractivity contribution in [2.75, 3.05) is 11.9 Å². The molecule has 0 saturated heterocycles. The zero-order valence-corrected chi connectivity index (χ0v) is 13.1. The van der Waals surface area contributed by atoms with Gasteiger partial charge in [-0.2, -0.15) is 4.68 Å². The number of benzene rings is 1. The van der Waals surface area contributed by atoms with E-state index in [4.69, 9.17) is 0 Å². The van der Waals surface area contributed by atoms with E-state index in [1.807, 2.05) is 30.3 Å². The summed E-state index contributed by atoms with van der Waals surface area (Å²) in [6.45, 7) is 0.361. The van der Waals surface area contributed by atoms with Crippen molar-refractivity contribution in [3.05, 3.63) is 36.5 Å². The molecule has 1 heterocycles. The fourth-order valence-electron chi connectivity index (χ4n) is 2.92. The van der Waals surface area contributed by atoms with Gasteiger partial charge in [0.1, 0.15) is 0 Å². The molecule has 2 aromatic rings. The van der Waals surface area contributed by atoms with Crippen LogP contribution in [-0.2, 0) is 0 Å². The molecular weight excluding hydrogens is 316 g/mol. The number of urea groups is 1. The Kier molecular flexibility index (Phi) is 4.73. The van der Waals surface area contributed by atoms with E-state index < -0.39 is 12.0 Å². The Morgan fingerprint density at radius 1 is 1.33 bits per heavy atom. The van der Waals surface area contributed by atoms with Crippen molar-refractivity contribution in [2.24, 2.45) is 5.92 Å². The van der Waals surface area contributed by atoms with E-state index in [2.05, 4.69) is 20.9 Å². The lowest BCUT2D eigenvalue weighted by Gasteiger charge is -2.12. The van der Waals surface area contributed by atoms with E-state index in [9.17, 15) is 13.6 Å². The highest BCUT2D eigenvalue weighted by atomic mass is 19.3. The van der Waals surface area contributed by atoms with Gasteiger partial charge >= 0.3 is 6.03 Å². The molecule has 0 aliphatic heterocycles. The maximum Gasteiger partial charge on any atom is 0.320 e. The minimum atomic E-state index is -2.54. The summed E-state index contributed by atoms with van der Waals surface area (Å²) in [4.78, 5) is 12.0. The molecule has 1 aliphatic rings. The third-order valence-electron chi connectivity index (χ3n) is 4.14. The predicted molar refractivity (Wildman–Crippen MR) is 85.3 cm³/mol. The third kappa shape index (κ3) is 4.06. The highest BCUT2D eigenvalue weighted by molar-refractivity contribution is 5.88. The summed E-state index contributed by atoms with van der Waals surface area (Å²) in [5.74, 6) is -2.14. The van der Waals surface area contributed by atoms with Crippen molar-refractivity contribution in [1.82, 2.24) is 20.3 Å². The van der Waals surface area contributed by atoms with Crippen LogP contribution in [0.15, 0.2) is 36.5 Å². The van der Waals surface area contributed by atoms with Crippen molar-refractivity contribution in [1.29, 1.82) is 0 Å². The van der Waals surface area contributed by atoms with Gasteiger partial charge in [0.05, 0.1) is 11.9 Å². The number of aromatic nitrogens is 3. The topological polar surface area (TPSA) is 71.8 Å². The minimum absolute atomic E-state index is 0.0307. The molecule has 128 valence electrons. The lowest BCUT2D eigenvalue weighted by molar-refractivity contribution is 0.00478. The van der Waals surface area contributed by atoms with E-state index in [0.717, 1.165) is 5.69 Å². The molecule has 0 spiro atoms. The average Bonchev–Trinajstić information content (AvgIpc) is 3.14. The Labute approximate surface area is 138 Å². The molecule has 2 N–H and O–H groups in total. The molecule has 1 saturated carbocycles. The van der Waals surface area contributed by atoms with Crippen molar-refractivity contribution in [2.45, 2.75) is 31.6 Å². The SMILES string of the molecule is O=C(NCCC1CCC(F)(F)C1)Nc1cnnn1-c1ccccc1. The normalized spacial score (nSPS) is 19.2. The van der Waals surface area contributed by atoms with Gasteiger partial charge in [0.25, 0.3) is 0 Å². The van der Waals surface area contributed by atoms with Gasteiger partial charge in [0.2, 0.25) is 5.92 Å². The number of nitrogens with one attached hydrogen (secondary N) is 2. The van der Waals surface area contributed by atoms with Gasteiger partial charge in [0.15, 0.2) is 5.82 Å². The Bertz CT molecular complexity index is 689.